The van der Waals surface area contributed by atoms with Crippen molar-refractivity contribution < 1.29 is 9.18 Å². The third-order valence-corrected chi connectivity index (χ3v) is 3.79. The third-order valence-electron chi connectivity index (χ3n) is 3.79. The molecule has 0 aliphatic heterocycles. The lowest BCUT2D eigenvalue weighted by molar-refractivity contribution is -0.116. The largest absolute Gasteiger partial charge is 0.344 e. The van der Waals surface area contributed by atoms with Crippen molar-refractivity contribution in [2.24, 2.45) is 5.73 Å². The lowest BCUT2D eigenvalue weighted by Gasteiger charge is -2.17. The van der Waals surface area contributed by atoms with Gasteiger partial charge in [-0.15, -0.1) is 0 Å². The highest BCUT2D eigenvalue weighted by molar-refractivity contribution is 5.90. The number of hydrogen-bond donors (Lipinski definition) is 2. The normalized spacial score (nSPS) is 17.3. The van der Waals surface area contributed by atoms with Crippen LogP contribution >= 0.6 is 0 Å². The number of carbonyl (C=O) groups is 1. The maximum Gasteiger partial charge on any atom is 0.244 e. The number of carbonyl (C=O) groups excluding carboxylic acids is 1. The molecule has 110 valence electrons. The molecule has 1 aromatic heterocycles. The van der Waals surface area contributed by atoms with Gasteiger partial charge in [-0.3, -0.25) is 4.79 Å². The molecule has 1 amide bonds. The van der Waals surface area contributed by atoms with Crippen LogP contribution in [-0.4, -0.2) is 10.5 Å². The van der Waals surface area contributed by atoms with Crippen LogP contribution in [0.4, 0.5) is 10.1 Å². The number of aryl methyl sites for hydroxylation is 1. The summed E-state index contributed by atoms with van der Waals surface area (Å²) in [7, 11) is 0. The molecule has 4 nitrogen and oxygen atoms in total. The minimum absolute atomic E-state index is 0.0706. The van der Waals surface area contributed by atoms with Crippen LogP contribution in [0, 0.1) is 5.82 Å². The second kappa shape index (κ2) is 5.69. The van der Waals surface area contributed by atoms with Crippen LogP contribution in [0.5, 0.6) is 0 Å². The Morgan fingerprint density at radius 2 is 2.29 bits per heavy atom. The van der Waals surface area contributed by atoms with Crippen LogP contribution in [0.1, 0.15) is 30.0 Å². The Morgan fingerprint density at radius 1 is 1.43 bits per heavy atom. The number of anilines is 1. The minimum atomic E-state index is -0.366. The molecule has 0 fully saturated rings. The van der Waals surface area contributed by atoms with Gasteiger partial charge in [0, 0.05) is 24.1 Å². The Labute approximate surface area is 122 Å². The highest BCUT2D eigenvalue weighted by Gasteiger charge is 2.19. The number of nitrogens with two attached hydrogens (primary N) is 1. The molecular formula is C16H18FN3O. The van der Waals surface area contributed by atoms with Crippen LogP contribution in [-0.2, 0) is 17.8 Å². The van der Waals surface area contributed by atoms with Gasteiger partial charge in [-0.2, -0.15) is 0 Å². The summed E-state index contributed by atoms with van der Waals surface area (Å²) in [6.07, 6.45) is 7.03. The molecule has 1 unspecified atom stereocenters. The van der Waals surface area contributed by atoms with Crippen LogP contribution < -0.4 is 11.1 Å². The van der Waals surface area contributed by atoms with Gasteiger partial charge in [-0.1, -0.05) is 6.07 Å². The fraction of sp³-hybridized carbons (Fsp3) is 0.312. The number of halogens is 1. The Hall–Kier alpha value is -2.14. The van der Waals surface area contributed by atoms with E-state index in [1.165, 1.54) is 17.7 Å². The minimum Gasteiger partial charge on any atom is -0.344 e. The summed E-state index contributed by atoms with van der Waals surface area (Å²) in [6.45, 7) is 0.205. The number of aromatic nitrogens is 1. The Morgan fingerprint density at radius 3 is 3.05 bits per heavy atom. The fourth-order valence-corrected chi connectivity index (χ4v) is 2.81. The van der Waals surface area contributed by atoms with E-state index in [0.29, 0.717) is 5.69 Å². The average molecular weight is 287 g/mol. The van der Waals surface area contributed by atoms with Gasteiger partial charge in [-0.05, 0) is 48.6 Å². The molecule has 1 heterocycles. The molecule has 0 radical (unpaired) electrons. The smallest absolute Gasteiger partial charge is 0.244 e. The first kappa shape index (κ1) is 13.8. The van der Waals surface area contributed by atoms with Gasteiger partial charge in [0.2, 0.25) is 5.91 Å². The summed E-state index contributed by atoms with van der Waals surface area (Å²) in [6, 6.07) is 5.95. The lowest BCUT2D eigenvalue weighted by atomic mass is 9.92. The van der Waals surface area contributed by atoms with E-state index in [1.807, 2.05) is 17.0 Å². The molecule has 1 atom stereocenters. The number of benzene rings is 1. The monoisotopic (exact) mass is 287 g/mol. The molecule has 1 aliphatic rings. The highest BCUT2D eigenvalue weighted by atomic mass is 19.1. The number of fused-ring (bicyclic) bond motifs is 1. The first-order valence-electron chi connectivity index (χ1n) is 7.11. The summed E-state index contributed by atoms with van der Waals surface area (Å²) in [4.78, 5) is 12.0. The van der Waals surface area contributed by atoms with Crippen LogP contribution in [0.3, 0.4) is 0 Å². The molecule has 0 saturated heterocycles. The molecule has 21 heavy (non-hydrogen) atoms. The van der Waals surface area contributed by atoms with Crippen LogP contribution in [0.2, 0.25) is 0 Å². The highest BCUT2D eigenvalue weighted by Crippen LogP contribution is 2.28. The third kappa shape index (κ3) is 3.13. The topological polar surface area (TPSA) is 60.0 Å². The van der Waals surface area contributed by atoms with Gasteiger partial charge in [0.1, 0.15) is 12.4 Å². The molecule has 1 aliphatic carbocycles. The quantitative estimate of drug-likeness (QED) is 0.911. The van der Waals surface area contributed by atoms with Crippen molar-refractivity contribution >= 4 is 11.6 Å². The van der Waals surface area contributed by atoms with Gasteiger partial charge >= 0.3 is 0 Å². The number of nitrogens with one attached hydrogen (secondary N) is 1. The van der Waals surface area contributed by atoms with E-state index in [9.17, 15) is 9.18 Å². The van der Waals surface area contributed by atoms with Crippen molar-refractivity contribution in [1.29, 1.82) is 0 Å². The molecular weight excluding hydrogens is 269 g/mol. The van der Waals surface area contributed by atoms with Crippen molar-refractivity contribution in [2.75, 3.05) is 5.32 Å². The Kier molecular flexibility index (Phi) is 3.75. The van der Waals surface area contributed by atoms with Crippen molar-refractivity contribution in [2.45, 2.75) is 31.8 Å². The summed E-state index contributed by atoms with van der Waals surface area (Å²) in [5.41, 5.74) is 8.91. The van der Waals surface area contributed by atoms with Crippen LogP contribution in [0.25, 0.3) is 0 Å². The molecule has 0 spiro atoms. The van der Waals surface area contributed by atoms with Crippen LogP contribution in [0.15, 0.2) is 36.7 Å². The van der Waals surface area contributed by atoms with Gasteiger partial charge in [0.25, 0.3) is 0 Å². The Balaban J connectivity index is 1.68. The maximum absolute atomic E-state index is 13.1. The number of nitrogens with zero attached hydrogens (tertiary/aromatic N) is 1. The standard InChI is InChI=1S/C16H18FN3O/c17-12-4-2-5-13(7-12)19-16(21)10-20-8-11-3-1-6-15(18)14(11)9-20/h2,4-5,7-9,15H,1,3,6,10,18H2,(H,19,21). The lowest BCUT2D eigenvalue weighted by Crippen LogP contribution is -2.18. The van der Waals surface area contributed by atoms with E-state index < -0.39 is 0 Å². The molecule has 1 aromatic carbocycles. The summed E-state index contributed by atoms with van der Waals surface area (Å²) < 4.78 is 14.9. The van der Waals surface area contributed by atoms with Crippen molar-refractivity contribution in [3.8, 4) is 0 Å². The van der Waals surface area contributed by atoms with Gasteiger partial charge in [-0.25, -0.2) is 4.39 Å². The second-order valence-electron chi connectivity index (χ2n) is 5.47. The molecule has 3 N–H and O–H groups in total. The second-order valence-corrected chi connectivity index (χ2v) is 5.47. The number of rotatable bonds is 3. The van der Waals surface area contributed by atoms with Gasteiger partial charge in [0.15, 0.2) is 0 Å². The van der Waals surface area contributed by atoms with Crippen molar-refractivity contribution in [3.05, 3.63) is 53.6 Å². The summed E-state index contributed by atoms with van der Waals surface area (Å²) in [5.74, 6) is -0.545. The first-order valence-corrected chi connectivity index (χ1v) is 7.11. The zero-order valence-corrected chi connectivity index (χ0v) is 11.7. The molecule has 5 heteroatoms. The Bertz CT molecular complexity index is 665. The summed E-state index contributed by atoms with van der Waals surface area (Å²) >= 11 is 0. The van der Waals surface area contributed by atoms with E-state index >= 15 is 0 Å². The SMILES string of the molecule is NC1CCCc2cn(CC(=O)Nc3cccc(F)c3)cc21. The van der Waals surface area contributed by atoms with Gasteiger partial charge < -0.3 is 15.6 Å². The van der Waals surface area contributed by atoms with E-state index in [4.69, 9.17) is 5.73 Å². The predicted octanol–water partition coefficient (Wildman–Crippen LogP) is 2.60. The zero-order chi connectivity index (χ0) is 14.8. The van der Waals surface area contributed by atoms with E-state index in [-0.39, 0.29) is 24.3 Å². The molecule has 0 saturated carbocycles. The molecule has 3 rings (SSSR count). The first-order chi connectivity index (χ1) is 10.1. The molecule has 2 aromatic rings. The average Bonchev–Trinajstić information content (AvgIpc) is 2.82. The zero-order valence-electron chi connectivity index (χ0n) is 11.7. The fourth-order valence-electron chi connectivity index (χ4n) is 2.81. The van der Waals surface area contributed by atoms with E-state index in [0.717, 1.165) is 24.8 Å². The van der Waals surface area contributed by atoms with Gasteiger partial charge in [0.05, 0.1) is 0 Å². The number of hydrogen-bond acceptors (Lipinski definition) is 2. The maximum atomic E-state index is 13.1. The van der Waals surface area contributed by atoms with Crippen molar-refractivity contribution in [3.63, 3.8) is 0 Å². The van der Waals surface area contributed by atoms with Crippen molar-refractivity contribution in [1.82, 2.24) is 4.57 Å². The van der Waals surface area contributed by atoms with E-state index in [1.54, 1.807) is 12.1 Å². The number of amides is 1. The summed E-state index contributed by atoms with van der Waals surface area (Å²) in [5, 5.41) is 2.69. The van der Waals surface area contributed by atoms with E-state index in [2.05, 4.69) is 5.32 Å². The predicted molar refractivity (Wildman–Crippen MR) is 79.3 cm³/mol. The molecule has 0 bridgehead atoms.